The number of hydrogen-bond acceptors (Lipinski definition) is 3. The van der Waals surface area contributed by atoms with E-state index in [1.54, 1.807) is 0 Å². The van der Waals surface area contributed by atoms with E-state index in [0.717, 1.165) is 12.5 Å². The second-order valence-electron chi connectivity index (χ2n) is 8.64. The average Bonchev–Trinajstić information content (AvgIpc) is 2.48. The highest BCUT2D eigenvalue weighted by molar-refractivity contribution is 4.93. The van der Waals surface area contributed by atoms with Crippen molar-refractivity contribution in [2.75, 3.05) is 32.8 Å². The molecule has 0 amide bonds. The summed E-state index contributed by atoms with van der Waals surface area (Å²) in [6.45, 7) is 17.7. The smallest absolute Gasteiger partial charge is 0.0599 e. The first-order chi connectivity index (χ1) is 10.3. The van der Waals surface area contributed by atoms with E-state index < -0.39 is 0 Å². The zero-order valence-corrected chi connectivity index (χ0v) is 15.6. The van der Waals surface area contributed by atoms with Gasteiger partial charge in [-0.2, -0.15) is 0 Å². The molecule has 0 saturated carbocycles. The van der Waals surface area contributed by atoms with Gasteiger partial charge in [0, 0.05) is 25.2 Å². The Morgan fingerprint density at radius 3 is 2.14 bits per heavy atom. The Balaban J connectivity index is 1.89. The van der Waals surface area contributed by atoms with Gasteiger partial charge in [-0.25, -0.2) is 0 Å². The van der Waals surface area contributed by atoms with Crippen molar-refractivity contribution in [1.29, 1.82) is 0 Å². The van der Waals surface area contributed by atoms with Gasteiger partial charge in [-0.3, -0.25) is 4.90 Å². The molecule has 130 valence electrons. The van der Waals surface area contributed by atoms with E-state index in [4.69, 9.17) is 4.74 Å². The monoisotopic (exact) mass is 310 g/mol. The molecule has 0 atom stereocenters. The van der Waals surface area contributed by atoms with Crippen LogP contribution in [0.2, 0.25) is 0 Å². The first-order valence-electron chi connectivity index (χ1n) is 9.42. The molecule has 2 aliphatic rings. The van der Waals surface area contributed by atoms with Crippen molar-refractivity contribution >= 4 is 0 Å². The predicted molar refractivity (Wildman–Crippen MR) is 94.3 cm³/mol. The van der Waals surface area contributed by atoms with Crippen molar-refractivity contribution in [3.63, 3.8) is 0 Å². The number of hydrogen-bond donors (Lipinski definition) is 1. The highest BCUT2D eigenvalue weighted by atomic mass is 16.5. The van der Waals surface area contributed by atoms with Crippen LogP contribution in [-0.2, 0) is 4.74 Å². The lowest BCUT2D eigenvalue weighted by Crippen LogP contribution is -2.52. The fourth-order valence-corrected chi connectivity index (χ4v) is 4.84. The standard InChI is InChI=1S/C19H38N2O/c1-6-22-17-9-13-21(14-10-17)19(4,5)15-18(2,3)16-7-11-20-12-8-16/h16-17,20H,6-15H2,1-5H3. The Morgan fingerprint density at radius 2 is 1.59 bits per heavy atom. The van der Waals surface area contributed by atoms with E-state index in [-0.39, 0.29) is 0 Å². The summed E-state index contributed by atoms with van der Waals surface area (Å²) >= 11 is 0. The summed E-state index contributed by atoms with van der Waals surface area (Å²) in [7, 11) is 0. The Kier molecular flexibility index (Phi) is 6.32. The molecule has 2 heterocycles. The minimum atomic E-state index is 0.297. The summed E-state index contributed by atoms with van der Waals surface area (Å²) in [4.78, 5) is 2.71. The quantitative estimate of drug-likeness (QED) is 0.810. The molecule has 0 aromatic rings. The van der Waals surface area contributed by atoms with Crippen LogP contribution in [0.25, 0.3) is 0 Å². The SMILES string of the molecule is CCOC1CCN(C(C)(C)CC(C)(C)C2CCNCC2)CC1. The van der Waals surface area contributed by atoms with Crippen molar-refractivity contribution in [3.05, 3.63) is 0 Å². The molecular weight excluding hydrogens is 272 g/mol. The van der Waals surface area contributed by atoms with Crippen LogP contribution in [0.3, 0.4) is 0 Å². The molecule has 2 aliphatic heterocycles. The van der Waals surface area contributed by atoms with Gasteiger partial charge < -0.3 is 10.1 Å². The zero-order chi connectivity index (χ0) is 16.2. The number of nitrogens with zero attached hydrogens (tertiary/aromatic N) is 1. The molecule has 2 rings (SSSR count). The third kappa shape index (κ3) is 4.69. The molecule has 0 radical (unpaired) electrons. The second-order valence-corrected chi connectivity index (χ2v) is 8.64. The summed E-state index contributed by atoms with van der Waals surface area (Å²) in [5.74, 6) is 0.869. The van der Waals surface area contributed by atoms with Crippen molar-refractivity contribution in [2.45, 2.75) is 78.4 Å². The van der Waals surface area contributed by atoms with Gasteiger partial charge in [-0.05, 0) is 77.3 Å². The zero-order valence-electron chi connectivity index (χ0n) is 15.6. The first-order valence-corrected chi connectivity index (χ1v) is 9.42. The van der Waals surface area contributed by atoms with Gasteiger partial charge >= 0.3 is 0 Å². The number of rotatable bonds is 6. The Hall–Kier alpha value is -0.120. The average molecular weight is 311 g/mol. The molecule has 0 bridgehead atoms. The van der Waals surface area contributed by atoms with E-state index in [9.17, 15) is 0 Å². The largest absolute Gasteiger partial charge is 0.378 e. The highest BCUT2D eigenvalue weighted by Crippen LogP contribution is 2.42. The lowest BCUT2D eigenvalue weighted by Gasteiger charge is -2.48. The molecule has 1 N–H and O–H groups in total. The van der Waals surface area contributed by atoms with E-state index >= 15 is 0 Å². The van der Waals surface area contributed by atoms with E-state index in [1.807, 2.05) is 0 Å². The third-order valence-electron chi connectivity index (χ3n) is 6.03. The summed E-state index contributed by atoms with van der Waals surface area (Å²) in [5.41, 5.74) is 0.730. The topological polar surface area (TPSA) is 24.5 Å². The van der Waals surface area contributed by atoms with Crippen LogP contribution in [0, 0.1) is 11.3 Å². The maximum atomic E-state index is 5.81. The summed E-state index contributed by atoms with van der Waals surface area (Å²) in [5, 5.41) is 3.51. The minimum absolute atomic E-state index is 0.297. The number of nitrogens with one attached hydrogen (secondary N) is 1. The van der Waals surface area contributed by atoms with Crippen LogP contribution in [-0.4, -0.2) is 49.3 Å². The van der Waals surface area contributed by atoms with Crippen LogP contribution < -0.4 is 5.32 Å². The van der Waals surface area contributed by atoms with Gasteiger partial charge in [0.1, 0.15) is 0 Å². The fraction of sp³-hybridized carbons (Fsp3) is 1.00. The van der Waals surface area contributed by atoms with Crippen molar-refractivity contribution in [1.82, 2.24) is 10.2 Å². The molecule has 0 unspecified atom stereocenters. The molecular formula is C19H38N2O. The summed E-state index contributed by atoms with van der Waals surface area (Å²) < 4.78 is 5.81. The fourth-order valence-electron chi connectivity index (χ4n) is 4.84. The van der Waals surface area contributed by atoms with E-state index in [0.29, 0.717) is 17.1 Å². The van der Waals surface area contributed by atoms with Gasteiger partial charge in [0.25, 0.3) is 0 Å². The van der Waals surface area contributed by atoms with Gasteiger partial charge in [0.2, 0.25) is 0 Å². The Bertz CT molecular complexity index is 326. The van der Waals surface area contributed by atoms with Crippen LogP contribution in [0.5, 0.6) is 0 Å². The van der Waals surface area contributed by atoms with Crippen LogP contribution >= 0.6 is 0 Å². The summed E-state index contributed by atoms with van der Waals surface area (Å²) in [6.07, 6.45) is 6.87. The number of piperidine rings is 2. The van der Waals surface area contributed by atoms with E-state index in [2.05, 4.69) is 44.8 Å². The molecule has 2 fully saturated rings. The predicted octanol–water partition coefficient (Wildman–Crippen LogP) is 3.68. The lowest BCUT2D eigenvalue weighted by atomic mass is 9.67. The van der Waals surface area contributed by atoms with Gasteiger partial charge in [-0.1, -0.05) is 13.8 Å². The molecule has 2 saturated heterocycles. The lowest BCUT2D eigenvalue weighted by molar-refractivity contribution is -0.0284. The molecule has 0 aromatic carbocycles. The third-order valence-corrected chi connectivity index (χ3v) is 6.03. The summed E-state index contributed by atoms with van der Waals surface area (Å²) in [6, 6.07) is 0. The van der Waals surface area contributed by atoms with Crippen molar-refractivity contribution in [2.24, 2.45) is 11.3 Å². The number of ether oxygens (including phenoxy) is 1. The van der Waals surface area contributed by atoms with Crippen LogP contribution in [0.1, 0.15) is 66.7 Å². The number of likely N-dealkylation sites (tertiary alicyclic amines) is 1. The Morgan fingerprint density at radius 1 is 1.00 bits per heavy atom. The van der Waals surface area contributed by atoms with Crippen molar-refractivity contribution < 1.29 is 4.74 Å². The first kappa shape index (κ1) is 18.2. The van der Waals surface area contributed by atoms with Crippen molar-refractivity contribution in [3.8, 4) is 0 Å². The molecule has 0 aromatic heterocycles. The molecule has 0 spiro atoms. The minimum Gasteiger partial charge on any atom is -0.378 e. The molecule has 3 heteroatoms. The van der Waals surface area contributed by atoms with Gasteiger partial charge in [-0.15, -0.1) is 0 Å². The maximum absolute atomic E-state index is 5.81. The highest BCUT2D eigenvalue weighted by Gasteiger charge is 2.39. The second kappa shape index (κ2) is 7.63. The van der Waals surface area contributed by atoms with Gasteiger partial charge in [0.15, 0.2) is 0 Å². The van der Waals surface area contributed by atoms with Crippen LogP contribution in [0.4, 0.5) is 0 Å². The molecule has 22 heavy (non-hydrogen) atoms. The van der Waals surface area contributed by atoms with Gasteiger partial charge in [0.05, 0.1) is 6.10 Å². The maximum Gasteiger partial charge on any atom is 0.0599 e. The molecule has 0 aliphatic carbocycles. The Labute approximate surface area is 138 Å². The van der Waals surface area contributed by atoms with E-state index in [1.165, 1.54) is 58.3 Å². The van der Waals surface area contributed by atoms with Crippen LogP contribution in [0.15, 0.2) is 0 Å². The normalized spacial score (nSPS) is 23.9. The molecule has 3 nitrogen and oxygen atoms in total.